The van der Waals surface area contributed by atoms with Crippen LogP contribution in [0.15, 0.2) is 65.1 Å². The zero-order chi connectivity index (χ0) is 15.2. The van der Waals surface area contributed by atoms with Crippen molar-refractivity contribution in [2.45, 2.75) is 19.3 Å². The molecule has 0 bridgehead atoms. The molecule has 0 aliphatic heterocycles. The highest BCUT2D eigenvalue weighted by Crippen LogP contribution is 2.32. The van der Waals surface area contributed by atoms with E-state index >= 15 is 0 Å². The molecule has 0 radical (unpaired) electrons. The third-order valence-corrected chi connectivity index (χ3v) is 3.60. The maximum atomic E-state index is 6.05. The topological polar surface area (TPSA) is 52.0 Å². The number of nitrogens with two attached hydrogens (primary N) is 1. The molecule has 0 aliphatic carbocycles. The van der Waals surface area contributed by atoms with Crippen molar-refractivity contribution in [1.82, 2.24) is 4.98 Å². The Balaban J connectivity index is 1.99. The molecule has 2 N–H and O–H groups in total. The maximum Gasteiger partial charge on any atom is 0.195 e. The SMILES string of the molecule is NCCCCc1nc(-c2ccccc2)c(-c2ccccc2)o1. The Morgan fingerprint density at radius 2 is 1.45 bits per heavy atom. The number of rotatable bonds is 6. The van der Waals surface area contributed by atoms with E-state index in [1.54, 1.807) is 0 Å². The van der Waals surface area contributed by atoms with E-state index in [1.807, 2.05) is 36.4 Å². The Bertz CT molecular complexity index is 648. The minimum Gasteiger partial charge on any atom is -0.440 e. The molecule has 0 unspecified atom stereocenters. The number of aryl methyl sites for hydroxylation is 1. The molecule has 3 nitrogen and oxygen atoms in total. The first-order valence-electron chi connectivity index (χ1n) is 7.69. The van der Waals surface area contributed by atoms with Crippen molar-refractivity contribution in [1.29, 1.82) is 0 Å². The van der Waals surface area contributed by atoms with E-state index in [0.717, 1.165) is 47.7 Å². The van der Waals surface area contributed by atoms with E-state index in [-0.39, 0.29) is 0 Å². The normalized spacial score (nSPS) is 10.8. The van der Waals surface area contributed by atoms with Gasteiger partial charge in [-0.25, -0.2) is 4.98 Å². The van der Waals surface area contributed by atoms with Crippen LogP contribution in [0, 0.1) is 0 Å². The number of unbranched alkanes of at least 4 members (excludes halogenated alkanes) is 1. The average Bonchev–Trinajstić information content (AvgIpc) is 3.01. The molecular formula is C19H20N2O. The lowest BCUT2D eigenvalue weighted by Gasteiger charge is -2.00. The summed E-state index contributed by atoms with van der Waals surface area (Å²) in [5, 5.41) is 0. The summed E-state index contributed by atoms with van der Waals surface area (Å²) in [5.41, 5.74) is 8.60. The average molecular weight is 292 g/mol. The van der Waals surface area contributed by atoms with Gasteiger partial charge in [0.25, 0.3) is 0 Å². The predicted octanol–water partition coefficient (Wildman–Crippen LogP) is 4.29. The van der Waals surface area contributed by atoms with Crippen LogP contribution in [0.2, 0.25) is 0 Å². The first-order chi connectivity index (χ1) is 10.9. The largest absolute Gasteiger partial charge is 0.440 e. The first-order valence-corrected chi connectivity index (χ1v) is 7.69. The Labute approximate surface area is 130 Å². The molecule has 0 fully saturated rings. The van der Waals surface area contributed by atoms with Gasteiger partial charge in [-0.05, 0) is 19.4 Å². The smallest absolute Gasteiger partial charge is 0.195 e. The van der Waals surface area contributed by atoms with Crippen LogP contribution in [0.1, 0.15) is 18.7 Å². The van der Waals surface area contributed by atoms with Gasteiger partial charge in [0.1, 0.15) is 5.69 Å². The summed E-state index contributed by atoms with van der Waals surface area (Å²) in [5.74, 6) is 1.63. The third kappa shape index (κ3) is 3.26. The van der Waals surface area contributed by atoms with Crippen LogP contribution in [-0.4, -0.2) is 11.5 Å². The Morgan fingerprint density at radius 1 is 0.818 bits per heavy atom. The van der Waals surface area contributed by atoms with E-state index in [4.69, 9.17) is 15.1 Å². The van der Waals surface area contributed by atoms with Crippen molar-refractivity contribution in [3.05, 3.63) is 66.6 Å². The van der Waals surface area contributed by atoms with Crippen molar-refractivity contribution in [2.75, 3.05) is 6.54 Å². The molecular weight excluding hydrogens is 272 g/mol. The fraction of sp³-hybridized carbons (Fsp3) is 0.211. The molecule has 0 aliphatic rings. The van der Waals surface area contributed by atoms with Crippen molar-refractivity contribution in [3.8, 4) is 22.6 Å². The van der Waals surface area contributed by atoms with E-state index in [2.05, 4.69) is 24.3 Å². The van der Waals surface area contributed by atoms with E-state index in [1.165, 1.54) is 0 Å². The van der Waals surface area contributed by atoms with E-state index < -0.39 is 0 Å². The van der Waals surface area contributed by atoms with Crippen LogP contribution >= 0.6 is 0 Å². The fourth-order valence-corrected chi connectivity index (χ4v) is 2.47. The fourth-order valence-electron chi connectivity index (χ4n) is 2.47. The lowest BCUT2D eigenvalue weighted by molar-refractivity contribution is 0.494. The maximum absolute atomic E-state index is 6.05. The molecule has 3 aromatic rings. The van der Waals surface area contributed by atoms with Gasteiger partial charge in [0, 0.05) is 17.5 Å². The summed E-state index contributed by atoms with van der Waals surface area (Å²) in [6.45, 7) is 0.706. The zero-order valence-electron chi connectivity index (χ0n) is 12.5. The quantitative estimate of drug-likeness (QED) is 0.689. The van der Waals surface area contributed by atoms with Crippen LogP contribution < -0.4 is 5.73 Å². The second-order valence-electron chi connectivity index (χ2n) is 5.26. The number of hydrogen-bond acceptors (Lipinski definition) is 3. The van der Waals surface area contributed by atoms with Gasteiger partial charge < -0.3 is 10.2 Å². The summed E-state index contributed by atoms with van der Waals surface area (Å²) < 4.78 is 6.05. The van der Waals surface area contributed by atoms with Gasteiger partial charge in [0.2, 0.25) is 0 Å². The minimum absolute atomic E-state index is 0.706. The first kappa shape index (κ1) is 14.5. The molecule has 0 spiro atoms. The van der Waals surface area contributed by atoms with Crippen LogP contribution in [0.4, 0.5) is 0 Å². The van der Waals surface area contributed by atoms with Crippen LogP contribution in [0.25, 0.3) is 22.6 Å². The number of oxazole rings is 1. The molecule has 2 aromatic carbocycles. The van der Waals surface area contributed by atoms with Crippen molar-refractivity contribution in [2.24, 2.45) is 5.73 Å². The molecule has 0 amide bonds. The molecule has 0 atom stereocenters. The molecule has 3 heteroatoms. The van der Waals surface area contributed by atoms with Gasteiger partial charge in [-0.3, -0.25) is 0 Å². The number of aromatic nitrogens is 1. The minimum atomic E-state index is 0.706. The van der Waals surface area contributed by atoms with E-state index in [9.17, 15) is 0 Å². The highest BCUT2D eigenvalue weighted by atomic mass is 16.4. The standard InChI is InChI=1S/C19H20N2O/c20-14-8-7-13-17-21-18(15-9-3-1-4-10-15)19(22-17)16-11-5-2-6-12-16/h1-6,9-12H,7-8,13-14,20H2. The molecule has 112 valence electrons. The van der Waals surface area contributed by atoms with E-state index in [0.29, 0.717) is 6.54 Å². The van der Waals surface area contributed by atoms with Gasteiger partial charge in [0.05, 0.1) is 0 Å². The molecule has 22 heavy (non-hydrogen) atoms. The highest BCUT2D eigenvalue weighted by molar-refractivity contribution is 5.76. The monoisotopic (exact) mass is 292 g/mol. The Kier molecular flexibility index (Phi) is 4.66. The van der Waals surface area contributed by atoms with Gasteiger partial charge >= 0.3 is 0 Å². The van der Waals surface area contributed by atoms with Gasteiger partial charge in [-0.2, -0.15) is 0 Å². The number of hydrogen-bond donors (Lipinski definition) is 1. The van der Waals surface area contributed by atoms with Gasteiger partial charge in [-0.15, -0.1) is 0 Å². The lowest BCUT2D eigenvalue weighted by Crippen LogP contribution is -1.99. The second-order valence-corrected chi connectivity index (χ2v) is 5.26. The molecule has 1 heterocycles. The summed E-state index contributed by atoms with van der Waals surface area (Å²) >= 11 is 0. The predicted molar refractivity (Wildman–Crippen MR) is 89.4 cm³/mol. The number of benzene rings is 2. The second kappa shape index (κ2) is 7.05. The van der Waals surface area contributed by atoms with Crippen LogP contribution in [0.3, 0.4) is 0 Å². The molecule has 0 saturated heterocycles. The summed E-state index contributed by atoms with van der Waals surface area (Å²) in [6, 6.07) is 20.3. The van der Waals surface area contributed by atoms with Crippen LogP contribution in [0.5, 0.6) is 0 Å². The lowest BCUT2D eigenvalue weighted by atomic mass is 10.1. The Hall–Kier alpha value is -2.39. The van der Waals surface area contributed by atoms with Crippen molar-refractivity contribution < 1.29 is 4.42 Å². The third-order valence-electron chi connectivity index (χ3n) is 3.60. The molecule has 1 aromatic heterocycles. The summed E-state index contributed by atoms with van der Waals surface area (Å²) in [4.78, 5) is 4.72. The van der Waals surface area contributed by atoms with Crippen LogP contribution in [-0.2, 0) is 6.42 Å². The Morgan fingerprint density at radius 3 is 2.09 bits per heavy atom. The van der Waals surface area contributed by atoms with Gasteiger partial charge in [0.15, 0.2) is 11.7 Å². The number of nitrogens with zero attached hydrogens (tertiary/aromatic N) is 1. The van der Waals surface area contributed by atoms with Crippen molar-refractivity contribution >= 4 is 0 Å². The summed E-state index contributed by atoms with van der Waals surface area (Å²) in [6.07, 6.45) is 2.81. The summed E-state index contributed by atoms with van der Waals surface area (Å²) in [7, 11) is 0. The highest BCUT2D eigenvalue weighted by Gasteiger charge is 2.16. The zero-order valence-corrected chi connectivity index (χ0v) is 12.5. The molecule has 0 saturated carbocycles. The van der Waals surface area contributed by atoms with Gasteiger partial charge in [-0.1, -0.05) is 60.7 Å². The van der Waals surface area contributed by atoms with Crippen molar-refractivity contribution in [3.63, 3.8) is 0 Å². The molecule has 3 rings (SSSR count).